The van der Waals surface area contributed by atoms with Gasteiger partial charge in [-0.3, -0.25) is 0 Å². The Kier molecular flexibility index (Phi) is 6.40. The molecule has 0 fully saturated rings. The number of carbonyl (C=O) groups excluding carboxylic acids is 2. The average molecular weight is 290 g/mol. The van der Waals surface area contributed by atoms with Crippen LogP contribution in [0.4, 0.5) is 0 Å². The molecule has 0 amide bonds. The van der Waals surface area contributed by atoms with Gasteiger partial charge in [-0.05, 0) is 12.5 Å². The van der Waals surface area contributed by atoms with E-state index in [4.69, 9.17) is 9.84 Å². The Morgan fingerprint density at radius 3 is 2.43 bits per heavy atom. The van der Waals surface area contributed by atoms with Gasteiger partial charge in [0.05, 0.1) is 5.57 Å². The van der Waals surface area contributed by atoms with Crippen molar-refractivity contribution in [3.05, 3.63) is 59.9 Å². The number of carboxylic acid groups (broad SMARTS) is 1. The lowest BCUT2D eigenvalue weighted by molar-refractivity contribution is -0.140. The predicted octanol–water partition coefficient (Wildman–Crippen LogP) is 1.82. The number of esters is 2. The highest BCUT2D eigenvalue weighted by Gasteiger charge is 2.07. The summed E-state index contributed by atoms with van der Waals surface area (Å²) in [6, 6.07) is 9.11. The first-order chi connectivity index (χ1) is 9.99. The van der Waals surface area contributed by atoms with Gasteiger partial charge in [-0.1, -0.05) is 30.3 Å². The number of rotatable bonds is 6. The summed E-state index contributed by atoms with van der Waals surface area (Å²) in [4.78, 5) is 32.9. The van der Waals surface area contributed by atoms with Gasteiger partial charge < -0.3 is 14.6 Å². The summed E-state index contributed by atoms with van der Waals surface area (Å²) in [6.45, 7) is 1.53. The molecule has 1 rings (SSSR count). The predicted molar refractivity (Wildman–Crippen MR) is 72.9 cm³/mol. The molecule has 0 aliphatic rings. The van der Waals surface area contributed by atoms with E-state index in [9.17, 15) is 14.4 Å². The average Bonchev–Trinajstić information content (AvgIpc) is 2.49. The topological polar surface area (TPSA) is 89.9 Å². The molecule has 0 bridgehead atoms. The minimum Gasteiger partial charge on any atom is -0.478 e. The van der Waals surface area contributed by atoms with Crippen LogP contribution in [0.5, 0.6) is 0 Å². The van der Waals surface area contributed by atoms with E-state index in [1.165, 1.54) is 6.92 Å². The van der Waals surface area contributed by atoms with Crippen LogP contribution in [0.2, 0.25) is 0 Å². The lowest BCUT2D eigenvalue weighted by Crippen LogP contribution is -2.07. The lowest BCUT2D eigenvalue weighted by atomic mass is 10.2. The van der Waals surface area contributed by atoms with Crippen molar-refractivity contribution < 1.29 is 29.0 Å². The molecule has 0 atom stereocenters. The highest BCUT2D eigenvalue weighted by atomic mass is 16.5. The molecule has 0 aromatic heterocycles. The minimum atomic E-state index is -1.27. The third kappa shape index (κ3) is 6.72. The first-order valence-electron chi connectivity index (χ1n) is 5.98. The van der Waals surface area contributed by atoms with Crippen LogP contribution < -0.4 is 0 Å². The first-order valence-corrected chi connectivity index (χ1v) is 5.98. The van der Waals surface area contributed by atoms with E-state index in [2.05, 4.69) is 4.74 Å². The van der Waals surface area contributed by atoms with E-state index >= 15 is 0 Å². The van der Waals surface area contributed by atoms with Crippen molar-refractivity contribution >= 4 is 17.9 Å². The lowest BCUT2D eigenvalue weighted by Gasteiger charge is -2.04. The van der Waals surface area contributed by atoms with Gasteiger partial charge in [0.1, 0.15) is 12.9 Å². The fourth-order valence-corrected chi connectivity index (χ4v) is 1.21. The number of carbonyl (C=O) groups is 3. The van der Waals surface area contributed by atoms with Crippen molar-refractivity contribution in [3.8, 4) is 0 Å². The highest BCUT2D eigenvalue weighted by Crippen LogP contribution is 2.04. The van der Waals surface area contributed by atoms with E-state index in [1.54, 1.807) is 0 Å². The van der Waals surface area contributed by atoms with E-state index in [0.29, 0.717) is 6.08 Å². The Morgan fingerprint density at radius 2 is 1.81 bits per heavy atom. The Bertz CT molecular complexity index is 571. The first kappa shape index (κ1) is 16.2. The number of carboxylic acids is 1. The number of hydrogen-bond acceptors (Lipinski definition) is 5. The van der Waals surface area contributed by atoms with E-state index in [1.807, 2.05) is 30.3 Å². The molecule has 0 radical (unpaired) electrons. The van der Waals surface area contributed by atoms with Gasteiger partial charge in [0, 0.05) is 12.2 Å². The maximum absolute atomic E-state index is 11.6. The van der Waals surface area contributed by atoms with Crippen molar-refractivity contribution in [2.45, 2.75) is 13.5 Å². The van der Waals surface area contributed by atoms with Crippen LogP contribution in [-0.2, 0) is 30.5 Å². The third-order valence-corrected chi connectivity index (χ3v) is 2.25. The zero-order valence-corrected chi connectivity index (χ0v) is 11.3. The smallest absolute Gasteiger partial charge is 0.337 e. The zero-order chi connectivity index (χ0) is 15.7. The second kappa shape index (κ2) is 8.31. The second-order valence-electron chi connectivity index (χ2n) is 3.97. The van der Waals surface area contributed by atoms with Crippen LogP contribution >= 0.6 is 0 Å². The Balaban J connectivity index is 2.44. The molecular weight excluding hydrogens is 276 g/mol. The fourth-order valence-electron chi connectivity index (χ4n) is 1.21. The Morgan fingerprint density at radius 1 is 1.14 bits per heavy atom. The second-order valence-corrected chi connectivity index (χ2v) is 3.97. The number of ether oxygens (including phenoxy) is 2. The van der Waals surface area contributed by atoms with Gasteiger partial charge in [0.2, 0.25) is 0 Å². The standard InChI is InChI=1S/C15H14O6/c1-11(9-20-14(18)8-7-13(16)17)15(19)21-10-12-5-3-2-4-6-12/h2-9H,10H2,1H3,(H,16,17)/b8-7-,11-9+. The third-order valence-electron chi connectivity index (χ3n) is 2.25. The van der Waals surface area contributed by atoms with Crippen molar-refractivity contribution in [1.82, 2.24) is 0 Å². The Hall–Kier alpha value is -2.89. The normalized spacial score (nSPS) is 11.2. The molecule has 0 saturated heterocycles. The van der Waals surface area contributed by atoms with Crippen molar-refractivity contribution in [1.29, 1.82) is 0 Å². The van der Waals surface area contributed by atoms with Crippen LogP contribution in [0.1, 0.15) is 12.5 Å². The molecule has 0 aliphatic heterocycles. The number of hydrogen-bond donors (Lipinski definition) is 1. The summed E-state index contributed by atoms with van der Waals surface area (Å²) < 4.78 is 9.59. The van der Waals surface area contributed by atoms with E-state index < -0.39 is 17.9 Å². The maximum Gasteiger partial charge on any atom is 0.337 e. The molecule has 1 aromatic carbocycles. The minimum absolute atomic E-state index is 0.0861. The van der Waals surface area contributed by atoms with Crippen LogP contribution in [0.15, 0.2) is 54.3 Å². The molecular formula is C15H14O6. The summed E-state index contributed by atoms with van der Waals surface area (Å²) >= 11 is 0. The zero-order valence-electron chi connectivity index (χ0n) is 11.3. The SMILES string of the molecule is C/C(=C\OC(=O)/C=C\C(=O)O)C(=O)OCc1ccccc1. The molecule has 1 aromatic rings. The number of benzene rings is 1. The fraction of sp³-hybridized carbons (Fsp3) is 0.133. The highest BCUT2D eigenvalue weighted by molar-refractivity contribution is 5.92. The van der Waals surface area contributed by atoms with Crippen LogP contribution in [0, 0.1) is 0 Å². The molecule has 0 aliphatic carbocycles. The molecule has 0 heterocycles. The van der Waals surface area contributed by atoms with Crippen molar-refractivity contribution in [2.75, 3.05) is 0 Å². The summed E-state index contributed by atoms with van der Waals surface area (Å²) in [5.41, 5.74) is 0.919. The quantitative estimate of drug-likeness (QED) is 0.488. The molecule has 0 saturated carbocycles. The Labute approximate surface area is 121 Å². The van der Waals surface area contributed by atoms with E-state index in [-0.39, 0.29) is 12.2 Å². The van der Waals surface area contributed by atoms with Gasteiger partial charge in [0.25, 0.3) is 0 Å². The molecule has 6 heteroatoms. The van der Waals surface area contributed by atoms with Gasteiger partial charge in [-0.2, -0.15) is 0 Å². The maximum atomic E-state index is 11.6. The van der Waals surface area contributed by atoms with Gasteiger partial charge in [0.15, 0.2) is 0 Å². The van der Waals surface area contributed by atoms with Gasteiger partial charge >= 0.3 is 17.9 Å². The molecule has 110 valence electrons. The monoisotopic (exact) mass is 290 g/mol. The largest absolute Gasteiger partial charge is 0.478 e. The van der Waals surface area contributed by atoms with E-state index in [0.717, 1.165) is 17.9 Å². The molecule has 6 nitrogen and oxygen atoms in total. The summed E-state index contributed by atoms with van der Waals surface area (Å²) in [7, 11) is 0. The molecule has 1 N–H and O–H groups in total. The summed E-state index contributed by atoms with van der Waals surface area (Å²) in [6.07, 6.45) is 2.29. The van der Waals surface area contributed by atoms with Gasteiger partial charge in [-0.15, -0.1) is 0 Å². The van der Waals surface area contributed by atoms with Crippen LogP contribution in [0.3, 0.4) is 0 Å². The summed E-state index contributed by atoms with van der Waals surface area (Å²) in [5, 5.41) is 8.32. The molecule has 0 spiro atoms. The summed E-state index contributed by atoms with van der Waals surface area (Å²) in [5.74, 6) is -2.80. The molecule has 21 heavy (non-hydrogen) atoms. The van der Waals surface area contributed by atoms with Crippen molar-refractivity contribution in [3.63, 3.8) is 0 Å². The van der Waals surface area contributed by atoms with Crippen LogP contribution in [-0.4, -0.2) is 23.0 Å². The van der Waals surface area contributed by atoms with Crippen LogP contribution in [0.25, 0.3) is 0 Å². The molecule has 0 unspecified atom stereocenters. The van der Waals surface area contributed by atoms with Crippen molar-refractivity contribution in [2.24, 2.45) is 0 Å². The number of aliphatic carboxylic acids is 1. The van der Waals surface area contributed by atoms with Gasteiger partial charge in [-0.25, -0.2) is 14.4 Å².